The molecule has 0 saturated heterocycles. The summed E-state index contributed by atoms with van der Waals surface area (Å²) in [5.41, 5.74) is 0. The Morgan fingerprint density at radius 1 is 1.83 bits per heavy atom. The molecule has 0 spiro atoms. The van der Waals surface area contributed by atoms with Gasteiger partial charge in [-0.3, -0.25) is 4.79 Å². The van der Waals surface area contributed by atoms with Crippen molar-refractivity contribution in [2.75, 3.05) is 13.2 Å². The summed E-state index contributed by atoms with van der Waals surface area (Å²) in [4.78, 5) is 10.7. The summed E-state index contributed by atoms with van der Waals surface area (Å²) in [6.07, 6.45) is 0. The first-order valence-electron chi connectivity index (χ1n) is 3.62. The van der Waals surface area contributed by atoms with Crippen LogP contribution in [-0.2, 0) is 9.53 Å². The first-order valence-corrected chi connectivity index (χ1v) is 3.62. The fourth-order valence-corrected chi connectivity index (χ4v) is 0.542. The van der Waals surface area contributed by atoms with E-state index in [4.69, 9.17) is 10.5 Å². The van der Waals surface area contributed by atoms with Gasteiger partial charge in [0.05, 0.1) is 12.7 Å². The first-order chi connectivity index (χ1) is 5.61. The second-order valence-corrected chi connectivity index (χ2v) is 2.21. The number of carbonyl (C=O) groups excluding carboxylic acids is 1. The predicted octanol–water partition coefficient (Wildman–Crippen LogP) is 0.153. The lowest BCUT2D eigenvalue weighted by atomic mass is 10.4. The van der Waals surface area contributed by atoms with E-state index < -0.39 is 12.0 Å². The van der Waals surface area contributed by atoms with E-state index in [1.165, 1.54) is 6.92 Å². The minimum atomic E-state index is -0.700. The minimum absolute atomic E-state index is 0.271. The molecule has 0 fully saturated rings. The van der Waals surface area contributed by atoms with Gasteiger partial charge in [-0.2, -0.15) is 10.3 Å². The van der Waals surface area contributed by atoms with Crippen LogP contribution in [0.3, 0.4) is 0 Å². The van der Waals surface area contributed by atoms with E-state index in [-0.39, 0.29) is 13.2 Å². The maximum absolute atomic E-state index is 10.7. The second kappa shape index (κ2) is 5.52. The van der Waals surface area contributed by atoms with Crippen molar-refractivity contribution in [3.63, 3.8) is 0 Å². The fraction of sp³-hybridized carbons (Fsp3) is 0.714. The van der Waals surface area contributed by atoms with Crippen LogP contribution in [0.5, 0.6) is 0 Å². The summed E-state index contributed by atoms with van der Waals surface area (Å²) in [5, 5.41) is 18.0. The Morgan fingerprint density at radius 2 is 2.42 bits per heavy atom. The van der Waals surface area contributed by atoms with Gasteiger partial charge in [0.25, 0.3) is 0 Å². The number of hydroxylamine groups is 2. The third-order valence-electron chi connectivity index (χ3n) is 1.23. The van der Waals surface area contributed by atoms with E-state index in [9.17, 15) is 4.79 Å². The van der Waals surface area contributed by atoms with Crippen LogP contribution in [0, 0.1) is 11.3 Å². The summed E-state index contributed by atoms with van der Waals surface area (Å²) in [5.74, 6) is -0.540. The van der Waals surface area contributed by atoms with Crippen molar-refractivity contribution in [2.45, 2.75) is 19.9 Å². The molecular formula is C7H12N2O3. The Hall–Kier alpha value is -1.12. The number of ether oxygens (including phenoxy) is 1. The van der Waals surface area contributed by atoms with Crippen molar-refractivity contribution >= 4 is 5.97 Å². The van der Waals surface area contributed by atoms with E-state index in [0.717, 1.165) is 0 Å². The van der Waals surface area contributed by atoms with Crippen LogP contribution < -0.4 is 0 Å². The van der Waals surface area contributed by atoms with Crippen molar-refractivity contribution in [3.8, 4) is 6.07 Å². The molecule has 5 heteroatoms. The van der Waals surface area contributed by atoms with Crippen LogP contribution in [0.1, 0.15) is 13.8 Å². The molecule has 12 heavy (non-hydrogen) atoms. The highest BCUT2D eigenvalue weighted by atomic mass is 16.5. The number of nitriles is 1. The Kier molecular flexibility index (Phi) is 5.00. The lowest BCUT2D eigenvalue weighted by molar-refractivity contribution is -0.162. The molecule has 1 atom stereocenters. The summed E-state index contributed by atoms with van der Waals surface area (Å²) in [6, 6.07) is 1.08. The largest absolute Gasteiger partial charge is 0.465 e. The SMILES string of the molecule is CCOC(=O)CN(O)C(C)C#N. The molecular weight excluding hydrogens is 160 g/mol. The minimum Gasteiger partial charge on any atom is -0.465 e. The van der Waals surface area contributed by atoms with E-state index in [0.29, 0.717) is 5.06 Å². The molecule has 0 bridgehead atoms. The van der Waals surface area contributed by atoms with Gasteiger partial charge in [-0.05, 0) is 13.8 Å². The Balaban J connectivity index is 3.77. The molecule has 0 heterocycles. The molecule has 5 nitrogen and oxygen atoms in total. The van der Waals surface area contributed by atoms with Gasteiger partial charge in [0.15, 0.2) is 0 Å². The fourth-order valence-electron chi connectivity index (χ4n) is 0.542. The van der Waals surface area contributed by atoms with E-state index >= 15 is 0 Å². The molecule has 0 aromatic heterocycles. The molecule has 68 valence electrons. The van der Waals surface area contributed by atoms with Gasteiger partial charge in [-0.15, -0.1) is 0 Å². The summed E-state index contributed by atoms with van der Waals surface area (Å²) < 4.78 is 4.56. The maximum atomic E-state index is 10.7. The molecule has 0 aromatic rings. The lowest BCUT2D eigenvalue weighted by Crippen LogP contribution is -2.34. The van der Waals surface area contributed by atoms with Gasteiger partial charge in [0.2, 0.25) is 0 Å². The van der Waals surface area contributed by atoms with Crippen LogP contribution in [-0.4, -0.2) is 35.4 Å². The van der Waals surface area contributed by atoms with Crippen molar-refractivity contribution in [3.05, 3.63) is 0 Å². The van der Waals surface area contributed by atoms with Crippen LogP contribution in [0.15, 0.2) is 0 Å². The standard InChI is InChI=1S/C7H12N2O3/c1-3-12-7(10)5-9(11)6(2)4-8/h6,11H,3,5H2,1-2H3. The lowest BCUT2D eigenvalue weighted by Gasteiger charge is -2.14. The molecule has 0 amide bonds. The molecule has 0 rings (SSSR count). The predicted molar refractivity (Wildman–Crippen MR) is 40.2 cm³/mol. The number of carbonyl (C=O) groups is 1. The van der Waals surface area contributed by atoms with Crippen LogP contribution in [0.4, 0.5) is 0 Å². The average molecular weight is 172 g/mol. The quantitative estimate of drug-likeness (QED) is 0.482. The van der Waals surface area contributed by atoms with Crippen molar-refractivity contribution in [1.82, 2.24) is 5.06 Å². The number of rotatable bonds is 4. The molecule has 1 N–H and O–H groups in total. The first kappa shape index (κ1) is 10.9. The van der Waals surface area contributed by atoms with Crippen molar-refractivity contribution in [1.29, 1.82) is 5.26 Å². The van der Waals surface area contributed by atoms with Crippen LogP contribution >= 0.6 is 0 Å². The van der Waals surface area contributed by atoms with Gasteiger partial charge in [-0.25, -0.2) is 0 Å². The highest BCUT2D eigenvalue weighted by Gasteiger charge is 2.14. The van der Waals surface area contributed by atoms with Crippen molar-refractivity contribution in [2.24, 2.45) is 0 Å². The maximum Gasteiger partial charge on any atom is 0.322 e. The van der Waals surface area contributed by atoms with Gasteiger partial charge >= 0.3 is 5.97 Å². The van der Waals surface area contributed by atoms with Crippen molar-refractivity contribution < 1.29 is 14.7 Å². The zero-order valence-electron chi connectivity index (χ0n) is 7.15. The average Bonchev–Trinajstić information content (AvgIpc) is 2.03. The normalized spacial score (nSPS) is 12.2. The molecule has 0 radical (unpaired) electrons. The smallest absolute Gasteiger partial charge is 0.322 e. The molecule has 1 unspecified atom stereocenters. The monoisotopic (exact) mass is 172 g/mol. The highest BCUT2D eigenvalue weighted by molar-refractivity contribution is 5.71. The van der Waals surface area contributed by atoms with Gasteiger partial charge in [0.1, 0.15) is 12.6 Å². The van der Waals surface area contributed by atoms with E-state index in [2.05, 4.69) is 4.74 Å². The third kappa shape index (κ3) is 3.91. The molecule has 0 aliphatic heterocycles. The molecule has 0 aromatic carbocycles. The number of esters is 1. The summed E-state index contributed by atoms with van der Waals surface area (Å²) in [7, 11) is 0. The number of hydrogen-bond donors (Lipinski definition) is 1. The Bertz CT molecular complexity index is 188. The number of hydrogen-bond acceptors (Lipinski definition) is 5. The highest BCUT2D eigenvalue weighted by Crippen LogP contribution is 1.93. The van der Waals surface area contributed by atoms with Gasteiger partial charge in [0, 0.05) is 0 Å². The Morgan fingerprint density at radius 3 is 2.83 bits per heavy atom. The molecule has 0 saturated carbocycles. The van der Waals surface area contributed by atoms with Gasteiger partial charge in [-0.1, -0.05) is 0 Å². The Labute approximate surface area is 71.1 Å². The van der Waals surface area contributed by atoms with Gasteiger partial charge < -0.3 is 9.94 Å². The molecule has 0 aliphatic rings. The number of nitrogens with zero attached hydrogens (tertiary/aromatic N) is 2. The third-order valence-corrected chi connectivity index (χ3v) is 1.23. The van der Waals surface area contributed by atoms with E-state index in [1.54, 1.807) is 13.0 Å². The zero-order chi connectivity index (χ0) is 9.56. The van der Waals surface area contributed by atoms with E-state index in [1.807, 2.05) is 0 Å². The topological polar surface area (TPSA) is 73.6 Å². The van der Waals surface area contributed by atoms with Crippen LogP contribution in [0.25, 0.3) is 0 Å². The summed E-state index contributed by atoms with van der Waals surface area (Å²) in [6.45, 7) is 3.16. The second-order valence-electron chi connectivity index (χ2n) is 2.21. The zero-order valence-corrected chi connectivity index (χ0v) is 7.15. The summed E-state index contributed by atoms with van der Waals surface area (Å²) >= 11 is 0. The van der Waals surface area contributed by atoms with Crippen LogP contribution in [0.2, 0.25) is 0 Å². The molecule has 0 aliphatic carbocycles.